The summed E-state index contributed by atoms with van der Waals surface area (Å²) in [5, 5.41) is 0.519. The molecule has 2 aromatic heterocycles. The van der Waals surface area contributed by atoms with Crippen LogP contribution in [-0.2, 0) is 0 Å². The molecule has 4 unspecified atom stereocenters. The van der Waals surface area contributed by atoms with Crippen molar-refractivity contribution in [2.75, 3.05) is 0 Å². The molecule has 2 saturated carbocycles. The number of fused-ring (bicyclic) bond motifs is 3. The number of halogens is 2. The quantitative estimate of drug-likeness (QED) is 0.750. The highest BCUT2D eigenvalue weighted by Crippen LogP contribution is 2.52. The van der Waals surface area contributed by atoms with Gasteiger partial charge in [-0.05, 0) is 44.1 Å². The Morgan fingerprint density at radius 3 is 2.85 bits per heavy atom. The molecule has 0 aliphatic heterocycles. The zero-order valence-corrected chi connectivity index (χ0v) is 12.9. The molecule has 0 N–H and O–H groups in total. The van der Waals surface area contributed by atoms with Gasteiger partial charge in [0.2, 0.25) is 0 Å². The van der Waals surface area contributed by atoms with E-state index in [1.54, 1.807) is 6.20 Å². The van der Waals surface area contributed by atoms with E-state index in [9.17, 15) is 0 Å². The summed E-state index contributed by atoms with van der Waals surface area (Å²) in [6, 6.07) is 2.40. The van der Waals surface area contributed by atoms with Gasteiger partial charge in [0.25, 0.3) is 0 Å². The molecular formula is C15H17Cl2N3. The van der Waals surface area contributed by atoms with Gasteiger partial charge in [-0.15, -0.1) is 11.6 Å². The lowest BCUT2D eigenvalue weighted by Crippen LogP contribution is -2.19. The molecule has 3 nitrogen and oxygen atoms in total. The number of alkyl halides is 1. The Labute approximate surface area is 128 Å². The SMILES string of the molecule is CC(Cl)c1nc2cc(Cl)cnc2n1C1CC2CCC1C2. The molecular weight excluding hydrogens is 293 g/mol. The van der Waals surface area contributed by atoms with Gasteiger partial charge in [-0.2, -0.15) is 0 Å². The zero-order valence-electron chi connectivity index (χ0n) is 11.4. The number of rotatable bonds is 2. The molecule has 0 saturated heterocycles. The number of imidazole rings is 1. The third-order valence-corrected chi connectivity index (χ3v) is 5.31. The Morgan fingerprint density at radius 2 is 2.20 bits per heavy atom. The van der Waals surface area contributed by atoms with Gasteiger partial charge < -0.3 is 4.57 Å². The fraction of sp³-hybridized carbons (Fsp3) is 0.600. The number of hydrogen-bond acceptors (Lipinski definition) is 2. The van der Waals surface area contributed by atoms with Crippen LogP contribution in [0.15, 0.2) is 12.3 Å². The van der Waals surface area contributed by atoms with E-state index in [-0.39, 0.29) is 5.38 Å². The lowest BCUT2D eigenvalue weighted by molar-refractivity contribution is 0.328. The summed E-state index contributed by atoms with van der Waals surface area (Å²) in [6.07, 6.45) is 7.03. The molecule has 2 aliphatic rings. The van der Waals surface area contributed by atoms with Crippen LogP contribution in [0.1, 0.15) is 49.9 Å². The second-order valence-corrected chi connectivity index (χ2v) is 7.29. The van der Waals surface area contributed by atoms with Crippen molar-refractivity contribution in [3.05, 3.63) is 23.1 Å². The van der Waals surface area contributed by atoms with E-state index < -0.39 is 0 Å². The van der Waals surface area contributed by atoms with E-state index in [0.29, 0.717) is 11.1 Å². The Hall–Kier alpha value is -0.800. The van der Waals surface area contributed by atoms with Gasteiger partial charge in [0.05, 0.1) is 10.4 Å². The smallest absolute Gasteiger partial charge is 0.160 e. The van der Waals surface area contributed by atoms with Crippen LogP contribution in [0.4, 0.5) is 0 Å². The third-order valence-electron chi connectivity index (χ3n) is 4.91. The second kappa shape index (κ2) is 4.60. The zero-order chi connectivity index (χ0) is 13.9. The van der Waals surface area contributed by atoms with Crippen molar-refractivity contribution in [3.8, 4) is 0 Å². The summed E-state index contributed by atoms with van der Waals surface area (Å²) in [6.45, 7) is 1.98. The minimum atomic E-state index is -0.109. The minimum Gasteiger partial charge on any atom is -0.308 e. The summed E-state index contributed by atoms with van der Waals surface area (Å²) in [7, 11) is 0. The molecule has 2 heterocycles. The van der Waals surface area contributed by atoms with Gasteiger partial charge in [0.15, 0.2) is 5.65 Å². The van der Waals surface area contributed by atoms with Crippen molar-refractivity contribution in [1.82, 2.24) is 14.5 Å². The summed E-state index contributed by atoms with van der Waals surface area (Å²) >= 11 is 12.4. The van der Waals surface area contributed by atoms with Crippen molar-refractivity contribution in [2.45, 2.75) is 44.0 Å². The highest BCUT2D eigenvalue weighted by molar-refractivity contribution is 6.31. The second-order valence-electron chi connectivity index (χ2n) is 6.19. The predicted octanol–water partition coefficient (Wildman–Crippen LogP) is 4.75. The summed E-state index contributed by atoms with van der Waals surface area (Å²) in [5.74, 6) is 2.59. The molecule has 0 aromatic carbocycles. The van der Waals surface area contributed by atoms with E-state index in [1.165, 1.54) is 25.7 Å². The maximum atomic E-state index is 6.36. The van der Waals surface area contributed by atoms with Gasteiger partial charge in [0, 0.05) is 12.2 Å². The van der Waals surface area contributed by atoms with Crippen LogP contribution >= 0.6 is 23.2 Å². The Morgan fingerprint density at radius 1 is 1.35 bits per heavy atom. The van der Waals surface area contributed by atoms with Crippen molar-refractivity contribution in [1.29, 1.82) is 0 Å². The number of nitrogens with zero attached hydrogens (tertiary/aromatic N) is 3. The third kappa shape index (κ3) is 1.86. The standard InChI is InChI=1S/C15H17Cl2N3/c1-8(16)14-19-12-6-11(17)7-18-15(12)20(14)13-5-9-2-3-10(13)4-9/h6-10,13H,2-5H2,1H3. The maximum Gasteiger partial charge on any atom is 0.160 e. The number of hydrogen-bond donors (Lipinski definition) is 0. The van der Waals surface area contributed by atoms with Crippen molar-refractivity contribution in [3.63, 3.8) is 0 Å². The van der Waals surface area contributed by atoms with Gasteiger partial charge in [0.1, 0.15) is 11.3 Å². The van der Waals surface area contributed by atoms with Gasteiger partial charge >= 0.3 is 0 Å². The van der Waals surface area contributed by atoms with Crippen LogP contribution in [0.5, 0.6) is 0 Å². The van der Waals surface area contributed by atoms with Crippen LogP contribution < -0.4 is 0 Å². The molecule has 0 radical (unpaired) electrons. The monoisotopic (exact) mass is 309 g/mol. The van der Waals surface area contributed by atoms with Gasteiger partial charge in [-0.25, -0.2) is 9.97 Å². The van der Waals surface area contributed by atoms with E-state index in [2.05, 4.69) is 14.5 Å². The molecule has 2 aliphatic carbocycles. The van der Waals surface area contributed by atoms with Crippen molar-refractivity contribution in [2.24, 2.45) is 11.8 Å². The van der Waals surface area contributed by atoms with Crippen LogP contribution in [0, 0.1) is 11.8 Å². The topological polar surface area (TPSA) is 30.7 Å². The van der Waals surface area contributed by atoms with Crippen LogP contribution in [0.2, 0.25) is 5.02 Å². The average molecular weight is 310 g/mol. The van der Waals surface area contributed by atoms with Gasteiger partial charge in [-0.3, -0.25) is 0 Å². The van der Waals surface area contributed by atoms with E-state index >= 15 is 0 Å². The molecule has 2 fully saturated rings. The largest absolute Gasteiger partial charge is 0.308 e. The highest BCUT2D eigenvalue weighted by Gasteiger charge is 2.42. The predicted molar refractivity (Wildman–Crippen MR) is 81.3 cm³/mol. The van der Waals surface area contributed by atoms with E-state index in [1.807, 2.05) is 13.0 Å². The molecule has 0 amide bonds. The maximum absolute atomic E-state index is 6.36. The first kappa shape index (κ1) is 12.9. The lowest BCUT2D eigenvalue weighted by atomic mass is 9.95. The first-order chi connectivity index (χ1) is 9.63. The molecule has 106 valence electrons. The Kier molecular flexibility index (Phi) is 2.97. The first-order valence-corrected chi connectivity index (χ1v) is 8.12. The minimum absolute atomic E-state index is 0.109. The van der Waals surface area contributed by atoms with E-state index in [4.69, 9.17) is 23.2 Å². The molecule has 4 atom stereocenters. The molecule has 0 spiro atoms. The number of aromatic nitrogens is 3. The van der Waals surface area contributed by atoms with Gasteiger partial charge in [-0.1, -0.05) is 18.0 Å². The summed E-state index contributed by atoms with van der Waals surface area (Å²) < 4.78 is 2.30. The average Bonchev–Trinajstić information content (AvgIpc) is 3.09. The molecule has 2 bridgehead atoms. The normalized spacial score (nSPS) is 30.2. The van der Waals surface area contributed by atoms with Crippen molar-refractivity contribution >= 4 is 34.4 Å². The molecule has 2 aromatic rings. The fourth-order valence-electron chi connectivity index (χ4n) is 4.11. The molecule has 20 heavy (non-hydrogen) atoms. The highest BCUT2D eigenvalue weighted by atomic mass is 35.5. The summed E-state index contributed by atoms with van der Waals surface area (Å²) in [4.78, 5) is 9.21. The Balaban J connectivity index is 1.90. The first-order valence-electron chi connectivity index (χ1n) is 7.31. The summed E-state index contributed by atoms with van der Waals surface area (Å²) in [5.41, 5.74) is 1.80. The van der Waals surface area contributed by atoms with Crippen molar-refractivity contribution < 1.29 is 0 Å². The lowest BCUT2D eigenvalue weighted by Gasteiger charge is -2.25. The van der Waals surface area contributed by atoms with Crippen LogP contribution in [-0.4, -0.2) is 14.5 Å². The van der Waals surface area contributed by atoms with Crippen LogP contribution in [0.25, 0.3) is 11.2 Å². The number of pyridine rings is 1. The van der Waals surface area contributed by atoms with E-state index in [0.717, 1.165) is 28.8 Å². The van der Waals surface area contributed by atoms with Crippen LogP contribution in [0.3, 0.4) is 0 Å². The molecule has 5 heteroatoms. The Bertz CT molecular complexity index is 664. The fourth-order valence-corrected chi connectivity index (χ4v) is 4.42. The molecule has 4 rings (SSSR count).